The second-order valence-corrected chi connectivity index (χ2v) is 7.35. The van der Waals surface area contributed by atoms with Crippen molar-refractivity contribution in [1.82, 2.24) is 10.3 Å². The molecule has 1 N–H and O–H groups in total. The van der Waals surface area contributed by atoms with Crippen molar-refractivity contribution in [3.63, 3.8) is 0 Å². The van der Waals surface area contributed by atoms with Gasteiger partial charge in [-0.15, -0.1) is 22.7 Å². The Hall–Kier alpha value is -1.98. The summed E-state index contributed by atoms with van der Waals surface area (Å²) in [5, 5.41) is 5.94. The van der Waals surface area contributed by atoms with Gasteiger partial charge >= 0.3 is 0 Å². The third-order valence-corrected chi connectivity index (χ3v) is 5.71. The van der Waals surface area contributed by atoms with Gasteiger partial charge in [-0.05, 0) is 37.3 Å². The fourth-order valence-electron chi connectivity index (χ4n) is 2.38. The Bertz CT molecular complexity index is 806. The van der Waals surface area contributed by atoms with Crippen LogP contribution in [0.25, 0.3) is 9.88 Å². The van der Waals surface area contributed by atoms with Gasteiger partial charge in [-0.2, -0.15) is 0 Å². The predicted molar refractivity (Wildman–Crippen MR) is 97.4 cm³/mol. The minimum absolute atomic E-state index is 0.0320. The maximum Gasteiger partial charge on any atom is 0.263 e. The van der Waals surface area contributed by atoms with E-state index < -0.39 is 0 Å². The third kappa shape index (κ3) is 3.86. The molecule has 118 valence electrons. The van der Waals surface area contributed by atoms with Crippen LogP contribution < -0.4 is 5.32 Å². The SMILES string of the molecule is Cc1cccc(CCNC(=O)c2sc(-c3cccs3)nc2C)c1. The van der Waals surface area contributed by atoms with Crippen molar-refractivity contribution in [1.29, 1.82) is 0 Å². The lowest BCUT2D eigenvalue weighted by Crippen LogP contribution is -2.25. The lowest BCUT2D eigenvalue weighted by Gasteiger charge is -2.05. The minimum Gasteiger partial charge on any atom is -0.351 e. The molecule has 0 saturated carbocycles. The van der Waals surface area contributed by atoms with Crippen molar-refractivity contribution in [2.75, 3.05) is 6.54 Å². The topological polar surface area (TPSA) is 42.0 Å². The molecular formula is C18H18N2OS2. The average Bonchev–Trinajstić information content (AvgIpc) is 3.16. The molecule has 0 bridgehead atoms. The third-order valence-electron chi connectivity index (χ3n) is 3.52. The Morgan fingerprint density at radius 2 is 2.09 bits per heavy atom. The minimum atomic E-state index is -0.0320. The Morgan fingerprint density at radius 1 is 1.22 bits per heavy atom. The fourth-order valence-corrected chi connectivity index (χ4v) is 4.16. The number of hydrogen-bond donors (Lipinski definition) is 1. The summed E-state index contributed by atoms with van der Waals surface area (Å²) in [6.07, 6.45) is 0.836. The van der Waals surface area contributed by atoms with E-state index in [1.807, 2.05) is 30.5 Å². The summed E-state index contributed by atoms with van der Waals surface area (Å²) in [4.78, 5) is 18.7. The van der Waals surface area contributed by atoms with Gasteiger partial charge in [-0.1, -0.05) is 35.9 Å². The van der Waals surface area contributed by atoms with E-state index in [1.54, 1.807) is 11.3 Å². The number of thiophene rings is 1. The zero-order valence-electron chi connectivity index (χ0n) is 13.1. The van der Waals surface area contributed by atoms with E-state index >= 15 is 0 Å². The van der Waals surface area contributed by atoms with E-state index in [0.29, 0.717) is 11.4 Å². The van der Waals surface area contributed by atoms with E-state index in [-0.39, 0.29) is 5.91 Å². The highest BCUT2D eigenvalue weighted by Gasteiger charge is 2.16. The predicted octanol–water partition coefficient (Wildman–Crippen LogP) is 4.46. The van der Waals surface area contributed by atoms with Crippen LogP contribution in [0.1, 0.15) is 26.5 Å². The molecule has 23 heavy (non-hydrogen) atoms. The summed E-state index contributed by atoms with van der Waals surface area (Å²) in [5.74, 6) is -0.0320. The largest absolute Gasteiger partial charge is 0.351 e. The maximum absolute atomic E-state index is 12.4. The normalized spacial score (nSPS) is 10.7. The zero-order valence-corrected chi connectivity index (χ0v) is 14.8. The number of nitrogens with one attached hydrogen (secondary N) is 1. The van der Waals surface area contributed by atoms with Gasteiger partial charge in [0.2, 0.25) is 0 Å². The molecule has 2 aromatic heterocycles. The molecule has 3 rings (SSSR count). The van der Waals surface area contributed by atoms with Gasteiger partial charge in [0.25, 0.3) is 5.91 Å². The number of hydrogen-bond acceptors (Lipinski definition) is 4. The number of carbonyl (C=O) groups excluding carboxylic acids is 1. The van der Waals surface area contributed by atoms with Crippen molar-refractivity contribution >= 4 is 28.6 Å². The number of rotatable bonds is 5. The van der Waals surface area contributed by atoms with Crippen LogP contribution in [-0.4, -0.2) is 17.4 Å². The summed E-state index contributed by atoms with van der Waals surface area (Å²) >= 11 is 3.10. The fraction of sp³-hybridized carbons (Fsp3) is 0.222. The first-order valence-corrected chi connectivity index (χ1v) is 9.18. The summed E-state index contributed by atoms with van der Waals surface area (Å²) in [5.41, 5.74) is 3.28. The molecule has 1 aromatic carbocycles. The smallest absolute Gasteiger partial charge is 0.263 e. The van der Waals surface area contributed by atoms with Crippen LogP contribution >= 0.6 is 22.7 Å². The quantitative estimate of drug-likeness (QED) is 0.744. The number of thiazole rings is 1. The molecule has 0 aliphatic rings. The highest BCUT2D eigenvalue weighted by Crippen LogP contribution is 2.30. The lowest BCUT2D eigenvalue weighted by molar-refractivity contribution is 0.0957. The van der Waals surface area contributed by atoms with Crippen molar-refractivity contribution in [2.45, 2.75) is 20.3 Å². The molecule has 2 heterocycles. The molecule has 0 saturated heterocycles. The van der Waals surface area contributed by atoms with Crippen LogP contribution in [0.3, 0.4) is 0 Å². The summed E-state index contributed by atoms with van der Waals surface area (Å²) in [6.45, 7) is 4.60. The summed E-state index contributed by atoms with van der Waals surface area (Å²) in [6, 6.07) is 12.4. The van der Waals surface area contributed by atoms with Crippen LogP contribution in [0.4, 0.5) is 0 Å². The molecule has 0 spiro atoms. The first-order valence-electron chi connectivity index (χ1n) is 7.48. The average molecular weight is 342 g/mol. The molecule has 0 aliphatic heterocycles. The monoisotopic (exact) mass is 342 g/mol. The molecule has 0 fully saturated rings. The van der Waals surface area contributed by atoms with Crippen LogP contribution in [0.2, 0.25) is 0 Å². The molecule has 0 atom stereocenters. The van der Waals surface area contributed by atoms with Gasteiger partial charge in [0, 0.05) is 6.54 Å². The van der Waals surface area contributed by atoms with Crippen molar-refractivity contribution in [3.05, 3.63) is 63.5 Å². The lowest BCUT2D eigenvalue weighted by atomic mass is 10.1. The first kappa shape index (κ1) is 15.9. The van der Waals surface area contributed by atoms with E-state index in [1.165, 1.54) is 22.5 Å². The zero-order chi connectivity index (χ0) is 16.2. The number of aromatic nitrogens is 1. The van der Waals surface area contributed by atoms with E-state index in [9.17, 15) is 4.79 Å². The number of benzene rings is 1. The number of amides is 1. The molecule has 0 unspecified atom stereocenters. The molecule has 0 radical (unpaired) electrons. The highest BCUT2D eigenvalue weighted by atomic mass is 32.1. The Morgan fingerprint density at radius 3 is 2.83 bits per heavy atom. The van der Waals surface area contributed by atoms with Gasteiger partial charge < -0.3 is 5.32 Å². The number of aryl methyl sites for hydroxylation is 2. The van der Waals surface area contributed by atoms with E-state index in [2.05, 4.69) is 35.4 Å². The second kappa shape index (κ2) is 7.06. The van der Waals surface area contributed by atoms with Gasteiger partial charge in [0.1, 0.15) is 9.88 Å². The number of nitrogens with zero attached hydrogens (tertiary/aromatic N) is 1. The van der Waals surface area contributed by atoms with Crippen molar-refractivity contribution < 1.29 is 4.79 Å². The van der Waals surface area contributed by atoms with Gasteiger partial charge in [0.05, 0.1) is 10.6 Å². The Balaban J connectivity index is 1.62. The maximum atomic E-state index is 12.4. The van der Waals surface area contributed by atoms with Crippen molar-refractivity contribution in [2.24, 2.45) is 0 Å². The molecule has 1 amide bonds. The molecule has 3 nitrogen and oxygen atoms in total. The highest BCUT2D eigenvalue weighted by molar-refractivity contribution is 7.22. The number of carbonyl (C=O) groups is 1. The second-order valence-electron chi connectivity index (χ2n) is 5.41. The van der Waals surface area contributed by atoms with Crippen LogP contribution in [-0.2, 0) is 6.42 Å². The van der Waals surface area contributed by atoms with E-state index in [0.717, 1.165) is 22.0 Å². The Labute approximate surface area is 144 Å². The molecule has 0 aliphatic carbocycles. The van der Waals surface area contributed by atoms with E-state index in [4.69, 9.17) is 0 Å². The Kier molecular flexibility index (Phi) is 4.88. The van der Waals surface area contributed by atoms with Crippen LogP contribution in [0, 0.1) is 13.8 Å². The summed E-state index contributed by atoms with van der Waals surface area (Å²) < 4.78 is 0. The molecule has 3 aromatic rings. The van der Waals surface area contributed by atoms with Crippen molar-refractivity contribution in [3.8, 4) is 9.88 Å². The summed E-state index contributed by atoms with van der Waals surface area (Å²) in [7, 11) is 0. The molecular weight excluding hydrogens is 324 g/mol. The van der Waals surface area contributed by atoms with Crippen LogP contribution in [0.5, 0.6) is 0 Å². The standard InChI is InChI=1S/C18H18N2OS2/c1-12-5-3-6-14(11-12)8-9-19-17(21)16-13(2)20-18(23-16)15-7-4-10-22-15/h3-7,10-11H,8-9H2,1-2H3,(H,19,21). The van der Waals surface area contributed by atoms with Gasteiger partial charge in [0.15, 0.2) is 0 Å². The van der Waals surface area contributed by atoms with Crippen LogP contribution in [0.15, 0.2) is 41.8 Å². The van der Waals surface area contributed by atoms with Gasteiger partial charge in [-0.25, -0.2) is 4.98 Å². The molecule has 5 heteroatoms. The van der Waals surface area contributed by atoms with Gasteiger partial charge in [-0.3, -0.25) is 4.79 Å². The first-order chi connectivity index (χ1) is 11.1.